The van der Waals surface area contributed by atoms with Crippen molar-refractivity contribution in [1.82, 2.24) is 0 Å². The van der Waals surface area contributed by atoms with E-state index in [1.54, 1.807) is 5.38 Å². The highest BCUT2D eigenvalue weighted by atomic mass is 32.1. The highest BCUT2D eigenvalue weighted by molar-refractivity contribution is 7.08. The summed E-state index contributed by atoms with van der Waals surface area (Å²) < 4.78 is 4.74. The van der Waals surface area contributed by atoms with Gasteiger partial charge in [0.1, 0.15) is 5.75 Å². The first-order valence-corrected chi connectivity index (χ1v) is 3.51. The van der Waals surface area contributed by atoms with Crippen LogP contribution < -0.4 is 9.84 Å². The summed E-state index contributed by atoms with van der Waals surface area (Å²) in [5, 5.41) is 13.4. The molecule has 0 spiro atoms. The van der Waals surface area contributed by atoms with Gasteiger partial charge >= 0.3 is 0 Å². The largest absolute Gasteiger partial charge is 0.545 e. The summed E-state index contributed by atoms with van der Waals surface area (Å²) in [5.41, 5.74) is 0.118. The highest BCUT2D eigenvalue weighted by Crippen LogP contribution is 2.21. The van der Waals surface area contributed by atoms with Gasteiger partial charge in [0.2, 0.25) is 0 Å². The maximum atomic E-state index is 10.3. The maximum Gasteiger partial charge on any atom is 0.138 e. The van der Waals surface area contributed by atoms with E-state index >= 15 is 0 Å². The number of carboxylic acid groups (broad SMARTS) is 1. The average Bonchev–Trinajstić information content (AvgIpc) is 2.33. The van der Waals surface area contributed by atoms with Gasteiger partial charge in [0.15, 0.2) is 0 Å². The van der Waals surface area contributed by atoms with E-state index in [1.807, 2.05) is 0 Å². The van der Waals surface area contributed by atoms with Gasteiger partial charge in [-0.15, -0.1) is 11.3 Å². The van der Waals surface area contributed by atoms with E-state index in [1.165, 1.54) is 23.8 Å². The Balaban J connectivity index is 3.01. The van der Waals surface area contributed by atoms with Crippen molar-refractivity contribution in [3.05, 3.63) is 16.3 Å². The summed E-state index contributed by atoms with van der Waals surface area (Å²) in [6, 6.07) is 0. The Kier molecular flexibility index (Phi) is 1.91. The van der Waals surface area contributed by atoms with Crippen LogP contribution in [0.3, 0.4) is 0 Å². The second kappa shape index (κ2) is 2.70. The van der Waals surface area contributed by atoms with Crippen LogP contribution in [0.25, 0.3) is 0 Å². The molecule has 0 amide bonds. The lowest BCUT2D eigenvalue weighted by Gasteiger charge is -2.01. The second-order valence-electron chi connectivity index (χ2n) is 1.64. The van der Waals surface area contributed by atoms with Crippen molar-refractivity contribution in [3.63, 3.8) is 0 Å². The molecule has 1 aromatic heterocycles. The maximum absolute atomic E-state index is 10.3. The van der Waals surface area contributed by atoms with Gasteiger partial charge in [0.25, 0.3) is 0 Å². The molecule has 0 saturated carbocycles. The Morgan fingerprint density at radius 2 is 2.40 bits per heavy atom. The van der Waals surface area contributed by atoms with Gasteiger partial charge in [-0.3, -0.25) is 0 Å². The van der Waals surface area contributed by atoms with Crippen molar-refractivity contribution >= 4 is 17.3 Å². The van der Waals surface area contributed by atoms with E-state index < -0.39 is 5.97 Å². The van der Waals surface area contributed by atoms with Crippen molar-refractivity contribution < 1.29 is 14.6 Å². The van der Waals surface area contributed by atoms with Crippen LogP contribution in [0, 0.1) is 0 Å². The summed E-state index contributed by atoms with van der Waals surface area (Å²) in [6.07, 6.45) is 0. The Morgan fingerprint density at radius 1 is 1.70 bits per heavy atom. The zero-order valence-corrected chi connectivity index (χ0v) is 6.10. The monoisotopic (exact) mass is 157 g/mol. The number of hydrogen-bond acceptors (Lipinski definition) is 4. The van der Waals surface area contributed by atoms with Crippen LogP contribution >= 0.6 is 11.3 Å². The minimum atomic E-state index is -1.20. The molecule has 0 fully saturated rings. The first kappa shape index (κ1) is 7.08. The van der Waals surface area contributed by atoms with Crippen LogP contribution in [0.1, 0.15) is 10.4 Å². The third-order valence-electron chi connectivity index (χ3n) is 1.07. The van der Waals surface area contributed by atoms with E-state index in [4.69, 9.17) is 4.74 Å². The van der Waals surface area contributed by atoms with Gasteiger partial charge in [0.05, 0.1) is 13.1 Å². The van der Waals surface area contributed by atoms with Crippen molar-refractivity contribution in [1.29, 1.82) is 0 Å². The van der Waals surface area contributed by atoms with Crippen molar-refractivity contribution in [2.75, 3.05) is 7.11 Å². The van der Waals surface area contributed by atoms with Gasteiger partial charge in [-0.1, -0.05) is 0 Å². The molecule has 0 aliphatic carbocycles. The summed E-state index contributed by atoms with van der Waals surface area (Å²) in [5.74, 6) is -0.830. The van der Waals surface area contributed by atoms with Gasteiger partial charge < -0.3 is 14.6 Å². The number of hydrogen-bond donors (Lipinski definition) is 0. The molecule has 4 heteroatoms. The van der Waals surface area contributed by atoms with E-state index in [0.717, 1.165) is 0 Å². The highest BCUT2D eigenvalue weighted by Gasteiger charge is 2.02. The molecule has 0 aliphatic rings. The fraction of sp³-hybridized carbons (Fsp3) is 0.167. The summed E-state index contributed by atoms with van der Waals surface area (Å²) in [7, 11) is 1.43. The summed E-state index contributed by atoms with van der Waals surface area (Å²) in [4.78, 5) is 10.3. The molecule has 1 rings (SSSR count). The Hall–Kier alpha value is -1.03. The molecule has 0 unspecified atom stereocenters. The number of aromatic carboxylic acids is 1. The van der Waals surface area contributed by atoms with Crippen molar-refractivity contribution in [2.24, 2.45) is 0 Å². The second-order valence-corrected chi connectivity index (χ2v) is 2.38. The van der Waals surface area contributed by atoms with E-state index in [9.17, 15) is 9.90 Å². The van der Waals surface area contributed by atoms with Crippen LogP contribution in [0.5, 0.6) is 5.75 Å². The fourth-order valence-corrected chi connectivity index (χ4v) is 1.36. The first-order valence-electron chi connectivity index (χ1n) is 2.57. The topological polar surface area (TPSA) is 49.4 Å². The van der Waals surface area contributed by atoms with E-state index in [-0.39, 0.29) is 5.56 Å². The molecule has 1 heterocycles. The number of thiophene rings is 1. The molecule has 0 atom stereocenters. The lowest BCUT2D eigenvalue weighted by atomic mass is 10.3. The summed E-state index contributed by atoms with van der Waals surface area (Å²) in [6.45, 7) is 0. The lowest BCUT2D eigenvalue weighted by molar-refractivity contribution is -0.255. The quantitative estimate of drug-likeness (QED) is 0.612. The minimum absolute atomic E-state index is 0.118. The molecule has 54 valence electrons. The molecular formula is C6H5O3S-. The molecule has 1 aromatic rings. The van der Waals surface area contributed by atoms with Crippen LogP contribution in [-0.4, -0.2) is 13.1 Å². The number of carbonyl (C=O) groups excluding carboxylic acids is 1. The van der Waals surface area contributed by atoms with E-state index in [0.29, 0.717) is 5.75 Å². The molecule has 0 radical (unpaired) electrons. The average molecular weight is 157 g/mol. The fourth-order valence-electron chi connectivity index (χ4n) is 0.592. The predicted octanol–water partition coefficient (Wildman–Crippen LogP) is 0.120. The number of methoxy groups -OCH3 is 1. The van der Waals surface area contributed by atoms with Crippen molar-refractivity contribution in [3.8, 4) is 5.75 Å². The van der Waals surface area contributed by atoms with E-state index in [2.05, 4.69) is 0 Å². The molecular weight excluding hydrogens is 152 g/mol. The van der Waals surface area contributed by atoms with Crippen LogP contribution in [0.2, 0.25) is 0 Å². The van der Waals surface area contributed by atoms with Crippen LogP contribution in [-0.2, 0) is 0 Å². The van der Waals surface area contributed by atoms with Crippen LogP contribution in [0.15, 0.2) is 10.8 Å². The molecule has 0 saturated heterocycles. The zero-order chi connectivity index (χ0) is 7.56. The molecule has 0 bridgehead atoms. The smallest absolute Gasteiger partial charge is 0.138 e. The molecule has 0 aromatic carbocycles. The predicted molar refractivity (Wildman–Crippen MR) is 35.2 cm³/mol. The van der Waals surface area contributed by atoms with Crippen LogP contribution in [0.4, 0.5) is 0 Å². The third kappa shape index (κ3) is 1.11. The third-order valence-corrected chi connectivity index (χ3v) is 1.79. The molecule has 3 nitrogen and oxygen atoms in total. The molecule has 10 heavy (non-hydrogen) atoms. The van der Waals surface area contributed by atoms with Gasteiger partial charge in [-0.25, -0.2) is 0 Å². The standard InChI is InChI=1S/C6H6O3S/c1-9-5-3-10-2-4(5)6(7)8/h2-3H,1H3,(H,7,8)/p-1. The number of carboxylic acids is 1. The lowest BCUT2D eigenvalue weighted by Crippen LogP contribution is -2.21. The normalized spacial score (nSPS) is 9.30. The SMILES string of the molecule is COc1cscc1C(=O)[O-]. The Morgan fingerprint density at radius 3 is 2.80 bits per heavy atom. The molecule has 0 N–H and O–H groups in total. The first-order chi connectivity index (χ1) is 4.75. The van der Waals surface area contributed by atoms with Gasteiger partial charge in [0, 0.05) is 16.3 Å². The number of rotatable bonds is 2. The van der Waals surface area contributed by atoms with Gasteiger partial charge in [-0.2, -0.15) is 0 Å². The summed E-state index contributed by atoms with van der Waals surface area (Å²) >= 11 is 1.27. The van der Waals surface area contributed by atoms with Gasteiger partial charge in [-0.05, 0) is 0 Å². The number of ether oxygens (including phenoxy) is 1. The van der Waals surface area contributed by atoms with Crippen molar-refractivity contribution in [2.45, 2.75) is 0 Å². The molecule has 0 aliphatic heterocycles. The minimum Gasteiger partial charge on any atom is -0.545 e. The number of carbonyl (C=O) groups is 1. The Bertz CT molecular complexity index is 241. The Labute approximate surface area is 61.9 Å². The zero-order valence-electron chi connectivity index (χ0n) is 5.29.